The molecule has 0 aliphatic carbocycles. The van der Waals surface area contributed by atoms with Crippen molar-refractivity contribution in [2.45, 2.75) is 25.9 Å². The predicted molar refractivity (Wildman–Crippen MR) is 132 cm³/mol. The van der Waals surface area contributed by atoms with Gasteiger partial charge in [0.15, 0.2) is 11.6 Å². The van der Waals surface area contributed by atoms with Crippen LogP contribution in [0.2, 0.25) is 0 Å². The van der Waals surface area contributed by atoms with Gasteiger partial charge in [-0.05, 0) is 24.1 Å². The topological polar surface area (TPSA) is 18.8 Å². The average Bonchev–Trinajstić information content (AvgIpc) is 2.86. The SMILES string of the molecule is C=C1C2=C(CCN(Cc3cccc(F)c3F)C2)N=C(C)N1C(c1ccccc1)c1ccccc1. The number of benzene rings is 3. The highest BCUT2D eigenvalue weighted by molar-refractivity contribution is 5.86. The lowest BCUT2D eigenvalue weighted by molar-refractivity contribution is 0.264. The highest BCUT2D eigenvalue weighted by Gasteiger charge is 2.33. The molecular weight excluding hydrogens is 428 g/mol. The third kappa shape index (κ3) is 4.19. The zero-order valence-corrected chi connectivity index (χ0v) is 19.2. The predicted octanol–water partition coefficient (Wildman–Crippen LogP) is 6.46. The van der Waals surface area contributed by atoms with Gasteiger partial charge in [0.05, 0.1) is 11.7 Å². The van der Waals surface area contributed by atoms with Crippen LogP contribution in [-0.4, -0.2) is 28.7 Å². The van der Waals surface area contributed by atoms with Crippen molar-refractivity contribution in [3.05, 3.63) is 131 Å². The number of hydrogen-bond donors (Lipinski definition) is 0. The maximum absolute atomic E-state index is 14.3. The first kappa shape index (κ1) is 22.2. The molecule has 5 heteroatoms. The van der Waals surface area contributed by atoms with Crippen molar-refractivity contribution in [3.8, 4) is 0 Å². The smallest absolute Gasteiger partial charge is 0.163 e. The number of rotatable bonds is 5. The summed E-state index contributed by atoms with van der Waals surface area (Å²) in [4.78, 5) is 9.32. The van der Waals surface area contributed by atoms with E-state index in [4.69, 9.17) is 4.99 Å². The quantitative estimate of drug-likeness (QED) is 0.440. The Morgan fingerprint density at radius 1 is 0.912 bits per heavy atom. The maximum atomic E-state index is 14.3. The van der Waals surface area contributed by atoms with Crippen LogP contribution in [0.15, 0.2) is 107 Å². The summed E-state index contributed by atoms with van der Waals surface area (Å²) in [5.41, 5.74) is 5.68. The molecule has 0 unspecified atom stereocenters. The fourth-order valence-corrected chi connectivity index (χ4v) is 4.93. The zero-order valence-electron chi connectivity index (χ0n) is 19.2. The Morgan fingerprint density at radius 3 is 2.21 bits per heavy atom. The van der Waals surface area contributed by atoms with E-state index in [1.165, 1.54) is 0 Å². The summed E-state index contributed by atoms with van der Waals surface area (Å²) in [7, 11) is 0. The summed E-state index contributed by atoms with van der Waals surface area (Å²) < 4.78 is 28.0. The minimum Gasteiger partial charge on any atom is -0.319 e. The first-order valence-electron chi connectivity index (χ1n) is 11.5. The van der Waals surface area contributed by atoms with Crippen molar-refractivity contribution in [2.75, 3.05) is 13.1 Å². The van der Waals surface area contributed by atoms with Crippen molar-refractivity contribution in [1.29, 1.82) is 0 Å². The van der Waals surface area contributed by atoms with E-state index in [0.29, 0.717) is 18.7 Å². The van der Waals surface area contributed by atoms with Gasteiger partial charge in [0.2, 0.25) is 0 Å². The molecule has 2 aliphatic heterocycles. The lowest BCUT2D eigenvalue weighted by atomic mass is 9.93. The van der Waals surface area contributed by atoms with Gasteiger partial charge in [-0.3, -0.25) is 4.90 Å². The van der Waals surface area contributed by atoms with E-state index < -0.39 is 11.6 Å². The number of hydrogen-bond acceptors (Lipinski definition) is 3. The third-order valence-corrected chi connectivity index (χ3v) is 6.59. The van der Waals surface area contributed by atoms with Crippen LogP contribution in [0, 0.1) is 11.6 Å². The fourth-order valence-electron chi connectivity index (χ4n) is 4.93. The zero-order chi connectivity index (χ0) is 23.7. The molecule has 0 N–H and O–H groups in total. The van der Waals surface area contributed by atoms with E-state index in [-0.39, 0.29) is 6.04 Å². The Balaban J connectivity index is 1.47. The highest BCUT2D eigenvalue weighted by atomic mass is 19.2. The number of aliphatic imine (C=N–C) groups is 1. The summed E-state index contributed by atoms with van der Waals surface area (Å²) in [5.74, 6) is -0.670. The van der Waals surface area contributed by atoms with E-state index in [1.54, 1.807) is 12.1 Å². The number of amidine groups is 1. The maximum Gasteiger partial charge on any atom is 0.163 e. The van der Waals surface area contributed by atoms with Gasteiger partial charge in [0.1, 0.15) is 5.84 Å². The minimum absolute atomic E-state index is 0.0660. The fraction of sp³-hybridized carbons (Fsp3) is 0.207. The van der Waals surface area contributed by atoms with Crippen LogP contribution in [0.4, 0.5) is 8.78 Å². The molecule has 0 radical (unpaired) electrons. The van der Waals surface area contributed by atoms with Crippen LogP contribution >= 0.6 is 0 Å². The van der Waals surface area contributed by atoms with Crippen molar-refractivity contribution in [3.63, 3.8) is 0 Å². The van der Waals surface area contributed by atoms with E-state index in [1.807, 2.05) is 43.3 Å². The van der Waals surface area contributed by atoms with Crippen LogP contribution in [0.5, 0.6) is 0 Å². The second-order valence-electron chi connectivity index (χ2n) is 8.80. The third-order valence-electron chi connectivity index (χ3n) is 6.59. The van der Waals surface area contributed by atoms with Crippen molar-refractivity contribution in [1.82, 2.24) is 9.80 Å². The van der Waals surface area contributed by atoms with E-state index in [9.17, 15) is 8.78 Å². The first-order valence-corrected chi connectivity index (χ1v) is 11.5. The molecular formula is C29H27F2N3. The summed E-state index contributed by atoms with van der Waals surface area (Å²) in [6.45, 7) is 8.20. The van der Waals surface area contributed by atoms with Gasteiger partial charge in [0, 0.05) is 42.9 Å². The standard InChI is InChI=1S/C29H27F2N3/c1-20-25-19-33(18-24-14-9-15-26(30)28(24)31)17-16-27(25)32-21(2)34(20)29(22-10-5-3-6-11-22)23-12-7-4-8-13-23/h3-15,29H,1,16-19H2,2H3. The molecule has 34 heavy (non-hydrogen) atoms. The summed E-state index contributed by atoms with van der Waals surface area (Å²) in [6, 6.07) is 25.0. The Morgan fingerprint density at radius 2 is 1.56 bits per heavy atom. The molecule has 3 nitrogen and oxygen atoms in total. The van der Waals surface area contributed by atoms with Gasteiger partial charge in [-0.2, -0.15) is 0 Å². The van der Waals surface area contributed by atoms with Crippen LogP contribution in [-0.2, 0) is 6.54 Å². The van der Waals surface area contributed by atoms with Gasteiger partial charge < -0.3 is 4.90 Å². The Hall–Kier alpha value is -3.57. The van der Waals surface area contributed by atoms with Gasteiger partial charge in [-0.1, -0.05) is 79.4 Å². The van der Waals surface area contributed by atoms with Crippen molar-refractivity contribution >= 4 is 5.84 Å². The summed E-state index contributed by atoms with van der Waals surface area (Å²) >= 11 is 0. The van der Waals surface area contributed by atoms with Gasteiger partial charge in [-0.25, -0.2) is 13.8 Å². The number of nitrogens with zero attached hydrogens (tertiary/aromatic N) is 3. The van der Waals surface area contributed by atoms with Crippen LogP contribution in [0.3, 0.4) is 0 Å². The van der Waals surface area contributed by atoms with Crippen LogP contribution < -0.4 is 0 Å². The average molecular weight is 456 g/mol. The lowest BCUT2D eigenvalue weighted by Gasteiger charge is -2.42. The molecule has 3 aromatic carbocycles. The molecule has 0 bridgehead atoms. The molecule has 2 aliphatic rings. The summed E-state index contributed by atoms with van der Waals surface area (Å²) in [6.07, 6.45) is 0.748. The molecule has 172 valence electrons. The Labute approximate surface area is 199 Å². The van der Waals surface area contributed by atoms with E-state index in [2.05, 4.69) is 40.6 Å². The Kier molecular flexibility index (Phi) is 6.12. The largest absolute Gasteiger partial charge is 0.319 e. The van der Waals surface area contributed by atoms with Gasteiger partial charge in [-0.15, -0.1) is 0 Å². The Bertz CT molecular complexity index is 1230. The molecule has 3 aromatic rings. The van der Waals surface area contributed by atoms with Gasteiger partial charge >= 0.3 is 0 Å². The first-order chi connectivity index (χ1) is 16.5. The molecule has 0 fully saturated rings. The lowest BCUT2D eigenvalue weighted by Crippen LogP contribution is -2.41. The molecule has 5 rings (SSSR count). The van der Waals surface area contributed by atoms with Crippen molar-refractivity contribution in [2.24, 2.45) is 4.99 Å². The second kappa shape index (κ2) is 9.35. The highest BCUT2D eigenvalue weighted by Crippen LogP contribution is 2.39. The van der Waals surface area contributed by atoms with Crippen LogP contribution in [0.1, 0.15) is 36.1 Å². The monoisotopic (exact) mass is 455 g/mol. The molecule has 0 spiro atoms. The molecule has 0 amide bonds. The number of halogens is 2. The molecule has 2 heterocycles. The normalized spacial score (nSPS) is 16.6. The molecule has 0 aromatic heterocycles. The van der Waals surface area contributed by atoms with Gasteiger partial charge in [0.25, 0.3) is 0 Å². The molecule has 0 atom stereocenters. The molecule has 0 saturated carbocycles. The second-order valence-corrected chi connectivity index (χ2v) is 8.80. The van der Waals surface area contributed by atoms with E-state index in [0.717, 1.165) is 53.0 Å². The van der Waals surface area contributed by atoms with E-state index >= 15 is 0 Å². The van der Waals surface area contributed by atoms with Crippen LogP contribution in [0.25, 0.3) is 0 Å². The molecule has 0 saturated heterocycles. The minimum atomic E-state index is -0.809. The summed E-state index contributed by atoms with van der Waals surface area (Å²) in [5, 5.41) is 0. The van der Waals surface area contributed by atoms with Crippen molar-refractivity contribution < 1.29 is 8.78 Å².